The second-order valence-electron chi connectivity index (χ2n) is 17.3. The maximum Gasteiger partial charge on any atom is 0.407 e. The highest BCUT2D eigenvalue weighted by molar-refractivity contribution is 5.68. The predicted molar refractivity (Wildman–Crippen MR) is 179 cm³/mol. The normalized spacial score (nSPS) is 43.0. The number of carbonyl (C=O) groups excluding carboxylic acids is 1. The van der Waals surface area contributed by atoms with Crippen LogP contribution in [0.1, 0.15) is 119 Å². The Hall–Kier alpha value is -0.930. The summed E-state index contributed by atoms with van der Waals surface area (Å²) in [5.74, 6) is 3.07. The first-order chi connectivity index (χ1) is 21.1. The number of fused-ring (bicyclic) bond motifs is 2. The van der Waals surface area contributed by atoms with E-state index in [1.807, 2.05) is 13.8 Å². The van der Waals surface area contributed by atoms with Crippen molar-refractivity contribution in [3.05, 3.63) is 0 Å². The van der Waals surface area contributed by atoms with Crippen LogP contribution < -0.4 is 5.32 Å². The SMILES string of the molecule is CCO.CO.C[C@@H]1C23CC[C@H](OC(=O)NC4CN(C)C4)C(C)(C)C2CC[C@H]2C4C[C@@H](O)[C@H](CCCCC(C)(C)O)[C@@]4(C)CC[C@]123. The van der Waals surface area contributed by atoms with E-state index in [4.69, 9.17) is 14.9 Å². The van der Waals surface area contributed by atoms with Gasteiger partial charge in [0.2, 0.25) is 0 Å². The van der Waals surface area contributed by atoms with Gasteiger partial charge < -0.3 is 35.4 Å². The van der Waals surface area contributed by atoms with Gasteiger partial charge in [-0.15, -0.1) is 0 Å². The first-order valence-electron chi connectivity index (χ1n) is 18.2. The van der Waals surface area contributed by atoms with Crippen molar-refractivity contribution in [2.45, 2.75) is 143 Å². The number of hydrogen-bond acceptors (Lipinski definition) is 7. The third-order valence-electron chi connectivity index (χ3n) is 14.3. The van der Waals surface area contributed by atoms with E-state index in [9.17, 15) is 15.0 Å². The van der Waals surface area contributed by atoms with E-state index in [0.717, 1.165) is 70.6 Å². The van der Waals surface area contributed by atoms with Crippen molar-refractivity contribution in [1.82, 2.24) is 10.2 Å². The molecule has 6 rings (SSSR count). The summed E-state index contributed by atoms with van der Waals surface area (Å²) in [6, 6.07) is 0.223. The van der Waals surface area contributed by atoms with E-state index < -0.39 is 5.60 Å². The van der Waals surface area contributed by atoms with E-state index in [1.165, 1.54) is 32.1 Å². The number of aliphatic hydroxyl groups excluding tert-OH is 3. The number of alkyl carbamates (subject to hydrolysis) is 1. The summed E-state index contributed by atoms with van der Waals surface area (Å²) in [5, 5.41) is 39.2. The molecule has 5 saturated carbocycles. The number of likely N-dealkylation sites (N-methyl/N-ethyl adjacent to an activating group) is 1. The van der Waals surface area contributed by atoms with Crippen LogP contribution in [0.5, 0.6) is 0 Å². The van der Waals surface area contributed by atoms with Gasteiger partial charge in [-0.25, -0.2) is 4.79 Å². The highest BCUT2D eigenvalue weighted by Crippen LogP contribution is 2.89. The minimum absolute atomic E-state index is 0.0160. The first-order valence-corrected chi connectivity index (χ1v) is 18.2. The fourth-order valence-electron chi connectivity index (χ4n) is 12.5. The molecule has 8 heteroatoms. The molecule has 0 bridgehead atoms. The Morgan fingerprint density at radius 1 is 1.00 bits per heavy atom. The van der Waals surface area contributed by atoms with Crippen molar-refractivity contribution in [3.63, 3.8) is 0 Å². The summed E-state index contributed by atoms with van der Waals surface area (Å²) >= 11 is 0. The van der Waals surface area contributed by atoms with Crippen molar-refractivity contribution in [2.24, 2.45) is 51.2 Å². The zero-order valence-electron chi connectivity index (χ0n) is 30.1. The Morgan fingerprint density at radius 3 is 2.24 bits per heavy atom. The molecule has 0 aromatic carbocycles. The fraction of sp³-hybridized carbons (Fsp3) is 0.973. The number of unbranched alkanes of at least 4 members (excludes halogenated alkanes) is 1. The zero-order chi connectivity index (χ0) is 33.6. The lowest BCUT2D eigenvalue weighted by Gasteiger charge is -2.59. The molecule has 262 valence electrons. The third-order valence-corrected chi connectivity index (χ3v) is 14.3. The summed E-state index contributed by atoms with van der Waals surface area (Å²) < 4.78 is 6.19. The van der Waals surface area contributed by atoms with Gasteiger partial charge in [0.1, 0.15) is 6.10 Å². The van der Waals surface area contributed by atoms with E-state index in [2.05, 4.69) is 45.0 Å². The van der Waals surface area contributed by atoms with E-state index in [1.54, 1.807) is 6.92 Å². The number of nitrogens with one attached hydrogen (secondary N) is 1. The van der Waals surface area contributed by atoms with Gasteiger partial charge >= 0.3 is 6.09 Å². The lowest BCUT2D eigenvalue weighted by Crippen LogP contribution is -2.59. The Bertz CT molecular complexity index is 1010. The van der Waals surface area contributed by atoms with Crippen LogP contribution in [0.4, 0.5) is 4.79 Å². The lowest BCUT2D eigenvalue weighted by molar-refractivity contribution is -0.134. The molecule has 6 aliphatic rings. The molecule has 45 heavy (non-hydrogen) atoms. The quantitative estimate of drug-likeness (QED) is 0.231. The summed E-state index contributed by atoms with van der Waals surface area (Å²) in [6.45, 7) is 17.4. The minimum Gasteiger partial charge on any atom is -0.446 e. The van der Waals surface area contributed by atoms with Crippen LogP contribution in [-0.2, 0) is 4.74 Å². The third kappa shape index (κ3) is 6.22. The highest BCUT2D eigenvalue weighted by Gasteiger charge is 2.84. The number of ether oxygens (including phenoxy) is 1. The van der Waals surface area contributed by atoms with Crippen LogP contribution in [0.2, 0.25) is 0 Å². The van der Waals surface area contributed by atoms with Crippen LogP contribution in [0, 0.1) is 51.2 Å². The summed E-state index contributed by atoms with van der Waals surface area (Å²) in [4.78, 5) is 15.0. The monoisotopic (exact) mass is 637 g/mol. The first kappa shape index (κ1) is 36.9. The van der Waals surface area contributed by atoms with E-state index >= 15 is 0 Å². The molecule has 2 spiro atoms. The molecule has 5 N–H and O–H groups in total. The summed E-state index contributed by atoms with van der Waals surface area (Å²) in [7, 11) is 3.08. The number of aliphatic hydroxyl groups is 4. The van der Waals surface area contributed by atoms with E-state index in [-0.39, 0.29) is 41.8 Å². The molecule has 1 saturated heterocycles. The molecule has 1 amide bonds. The van der Waals surface area contributed by atoms with E-state index in [0.29, 0.717) is 28.6 Å². The molecule has 0 aromatic heterocycles. The van der Waals surface area contributed by atoms with Crippen molar-refractivity contribution in [2.75, 3.05) is 33.9 Å². The standard InChI is InChI=1S/C34H58N2O4.C2H6O.CH4O/c1-21-33-17-16-32(6)24(10-8-9-14-30(2,3)39)26(37)18-25(32)23(33)11-12-27-31(4,5)28(13-15-34(21,27)33)40-29(38)35-22-19-36(7)20-22;1-2-3;1-2/h21-28,37,39H,8-20H2,1-7H3,(H,35,38);3H,2H2,1H3;2H,1H3/t21-,23-,24-,25?,26+,27?,28-,32+,33-,34?;;/m0../s1. The molecular formula is C37H68N2O6. The lowest BCUT2D eigenvalue weighted by atomic mass is 9.46. The number of nitrogens with zero attached hydrogens (tertiary/aromatic N) is 1. The molecular weight excluding hydrogens is 568 g/mol. The van der Waals surface area contributed by atoms with Gasteiger partial charge in [-0.05, 0) is 131 Å². The number of likely N-dealkylation sites (tertiary alicyclic amines) is 1. The van der Waals surface area contributed by atoms with Crippen LogP contribution >= 0.6 is 0 Å². The maximum atomic E-state index is 12.8. The zero-order valence-corrected chi connectivity index (χ0v) is 30.1. The van der Waals surface area contributed by atoms with Gasteiger partial charge in [0.15, 0.2) is 0 Å². The molecule has 10 atom stereocenters. The Kier molecular flexibility index (Phi) is 11.1. The molecule has 8 nitrogen and oxygen atoms in total. The summed E-state index contributed by atoms with van der Waals surface area (Å²) in [5.41, 5.74) is 0.417. The molecule has 1 heterocycles. The Morgan fingerprint density at radius 2 is 1.64 bits per heavy atom. The Balaban J connectivity index is 0.000000871. The van der Waals surface area contributed by atoms with Crippen LogP contribution in [0.3, 0.4) is 0 Å². The second-order valence-corrected chi connectivity index (χ2v) is 17.3. The van der Waals surface area contributed by atoms with Crippen LogP contribution in [0.15, 0.2) is 0 Å². The van der Waals surface area contributed by atoms with Gasteiger partial charge in [0.05, 0.1) is 17.7 Å². The van der Waals surface area contributed by atoms with Crippen molar-refractivity contribution in [3.8, 4) is 0 Å². The number of hydrogen-bond donors (Lipinski definition) is 5. The molecule has 0 aromatic rings. The van der Waals surface area contributed by atoms with Crippen LogP contribution in [0.25, 0.3) is 0 Å². The van der Waals surface area contributed by atoms with Gasteiger partial charge in [0, 0.05) is 32.2 Å². The molecule has 0 radical (unpaired) electrons. The second kappa shape index (κ2) is 13.5. The topological polar surface area (TPSA) is 122 Å². The van der Waals surface area contributed by atoms with Crippen molar-refractivity contribution >= 4 is 6.09 Å². The van der Waals surface area contributed by atoms with Gasteiger partial charge in [-0.3, -0.25) is 0 Å². The largest absolute Gasteiger partial charge is 0.446 e. The fourth-order valence-corrected chi connectivity index (χ4v) is 12.5. The van der Waals surface area contributed by atoms with Crippen molar-refractivity contribution < 1.29 is 30.0 Å². The van der Waals surface area contributed by atoms with Gasteiger partial charge in [0.25, 0.3) is 0 Å². The molecule has 3 unspecified atom stereocenters. The van der Waals surface area contributed by atoms with Crippen LogP contribution in [-0.4, -0.2) is 89.1 Å². The number of rotatable bonds is 7. The predicted octanol–water partition coefficient (Wildman–Crippen LogP) is 5.60. The average molecular weight is 637 g/mol. The highest BCUT2D eigenvalue weighted by atomic mass is 16.6. The molecule has 1 aliphatic heterocycles. The maximum absolute atomic E-state index is 12.8. The van der Waals surface area contributed by atoms with Gasteiger partial charge in [-0.1, -0.05) is 40.5 Å². The number of carbonyl (C=O) groups is 1. The minimum atomic E-state index is -0.595. The van der Waals surface area contributed by atoms with Crippen molar-refractivity contribution in [1.29, 1.82) is 0 Å². The molecule has 6 fully saturated rings. The average Bonchev–Trinajstić information content (AvgIpc) is 3.36. The Labute approximate surface area is 274 Å². The number of amides is 1. The smallest absolute Gasteiger partial charge is 0.407 e. The van der Waals surface area contributed by atoms with Gasteiger partial charge in [-0.2, -0.15) is 0 Å². The molecule has 5 aliphatic carbocycles. The summed E-state index contributed by atoms with van der Waals surface area (Å²) in [6.07, 6.45) is 11.9.